The van der Waals surface area contributed by atoms with E-state index in [9.17, 15) is 4.79 Å². The molecule has 0 radical (unpaired) electrons. The zero-order valence-corrected chi connectivity index (χ0v) is 10.9. The van der Waals surface area contributed by atoms with Crippen molar-refractivity contribution >= 4 is 16.9 Å². The van der Waals surface area contributed by atoms with E-state index in [4.69, 9.17) is 5.11 Å². The van der Waals surface area contributed by atoms with Crippen molar-refractivity contribution in [1.82, 2.24) is 4.57 Å². The minimum atomic E-state index is -0.797. The summed E-state index contributed by atoms with van der Waals surface area (Å²) in [4.78, 5) is 10.9. The van der Waals surface area contributed by atoms with E-state index in [1.54, 1.807) is 0 Å². The van der Waals surface area contributed by atoms with Crippen LogP contribution in [0.3, 0.4) is 0 Å². The zero-order chi connectivity index (χ0) is 13.1. The Morgan fingerprint density at radius 2 is 2.11 bits per heavy atom. The lowest BCUT2D eigenvalue weighted by Crippen LogP contribution is -2.07. The normalized spacial score (nSPS) is 11.0. The maximum absolute atomic E-state index is 10.9. The standard InChI is InChI=1S/C15H19NO2/c1-3-5-12-9-16(10-15(17)18)14-7-6-11(4-2)8-13(12)14/h6-9H,3-5,10H2,1-2H3,(H,17,18). The van der Waals surface area contributed by atoms with Gasteiger partial charge in [0.25, 0.3) is 0 Å². The summed E-state index contributed by atoms with van der Waals surface area (Å²) in [7, 11) is 0. The van der Waals surface area contributed by atoms with Gasteiger partial charge >= 0.3 is 5.97 Å². The molecule has 0 saturated carbocycles. The molecule has 3 heteroatoms. The number of fused-ring (bicyclic) bond motifs is 1. The third-order valence-corrected chi connectivity index (χ3v) is 3.26. The Balaban J connectivity index is 2.56. The van der Waals surface area contributed by atoms with E-state index in [0.29, 0.717) is 0 Å². The fourth-order valence-corrected chi connectivity index (χ4v) is 2.38. The van der Waals surface area contributed by atoms with Gasteiger partial charge in [0, 0.05) is 17.1 Å². The highest BCUT2D eigenvalue weighted by molar-refractivity contribution is 5.86. The van der Waals surface area contributed by atoms with Crippen molar-refractivity contribution in [3.8, 4) is 0 Å². The molecule has 0 aliphatic carbocycles. The number of aliphatic carboxylic acids is 1. The first kappa shape index (κ1) is 12.7. The third kappa shape index (κ3) is 2.40. The van der Waals surface area contributed by atoms with Gasteiger partial charge in [-0.2, -0.15) is 0 Å². The van der Waals surface area contributed by atoms with Gasteiger partial charge in [-0.15, -0.1) is 0 Å². The predicted molar refractivity (Wildman–Crippen MR) is 72.9 cm³/mol. The smallest absolute Gasteiger partial charge is 0.323 e. The lowest BCUT2D eigenvalue weighted by atomic mass is 10.1. The van der Waals surface area contributed by atoms with Crippen LogP contribution >= 0.6 is 0 Å². The maximum atomic E-state index is 10.9. The number of carboxylic acid groups (broad SMARTS) is 1. The summed E-state index contributed by atoms with van der Waals surface area (Å²) in [5.41, 5.74) is 3.58. The SMILES string of the molecule is CCCc1cn(CC(=O)O)c2ccc(CC)cc12. The molecule has 0 amide bonds. The number of rotatable bonds is 5. The molecule has 0 atom stereocenters. The van der Waals surface area contributed by atoms with Gasteiger partial charge in [0.1, 0.15) is 6.54 Å². The average molecular weight is 245 g/mol. The van der Waals surface area contributed by atoms with E-state index in [2.05, 4.69) is 26.0 Å². The van der Waals surface area contributed by atoms with E-state index in [-0.39, 0.29) is 6.54 Å². The van der Waals surface area contributed by atoms with Crippen molar-refractivity contribution in [3.63, 3.8) is 0 Å². The first-order valence-electron chi connectivity index (χ1n) is 6.48. The van der Waals surface area contributed by atoms with Crippen LogP contribution in [0.1, 0.15) is 31.4 Å². The molecule has 1 aromatic heterocycles. The van der Waals surface area contributed by atoms with Crippen molar-refractivity contribution in [3.05, 3.63) is 35.5 Å². The number of hydrogen-bond acceptors (Lipinski definition) is 1. The summed E-state index contributed by atoms with van der Waals surface area (Å²) >= 11 is 0. The van der Waals surface area contributed by atoms with Crippen molar-refractivity contribution in [2.24, 2.45) is 0 Å². The number of benzene rings is 1. The van der Waals surface area contributed by atoms with Crippen LogP contribution in [0.5, 0.6) is 0 Å². The molecule has 96 valence electrons. The molecule has 0 unspecified atom stereocenters. The molecule has 2 rings (SSSR count). The molecule has 0 saturated heterocycles. The number of nitrogens with zero attached hydrogens (tertiary/aromatic N) is 1. The topological polar surface area (TPSA) is 42.2 Å². The van der Waals surface area contributed by atoms with Crippen LogP contribution in [0.2, 0.25) is 0 Å². The lowest BCUT2D eigenvalue weighted by Gasteiger charge is -2.02. The highest BCUT2D eigenvalue weighted by atomic mass is 16.4. The van der Waals surface area contributed by atoms with Crippen LogP contribution in [0.15, 0.2) is 24.4 Å². The van der Waals surface area contributed by atoms with Crippen LogP contribution in [0.25, 0.3) is 10.9 Å². The van der Waals surface area contributed by atoms with Crippen molar-refractivity contribution in [2.75, 3.05) is 0 Å². The summed E-state index contributed by atoms with van der Waals surface area (Å²) in [6.45, 7) is 4.31. The van der Waals surface area contributed by atoms with Crippen molar-refractivity contribution < 1.29 is 9.90 Å². The molecule has 2 aromatic rings. The Hall–Kier alpha value is -1.77. The van der Waals surface area contributed by atoms with Gasteiger partial charge in [0.15, 0.2) is 0 Å². The van der Waals surface area contributed by atoms with Crippen LogP contribution < -0.4 is 0 Å². The van der Waals surface area contributed by atoms with Gasteiger partial charge < -0.3 is 9.67 Å². The van der Waals surface area contributed by atoms with Gasteiger partial charge in [-0.05, 0) is 36.1 Å². The number of aromatic nitrogens is 1. The summed E-state index contributed by atoms with van der Waals surface area (Å²) in [6.07, 6.45) is 5.06. The molecule has 0 aliphatic rings. The zero-order valence-electron chi connectivity index (χ0n) is 10.9. The Morgan fingerprint density at radius 3 is 2.72 bits per heavy atom. The van der Waals surface area contributed by atoms with Crippen LogP contribution in [-0.2, 0) is 24.2 Å². The van der Waals surface area contributed by atoms with Crippen LogP contribution in [0, 0.1) is 0 Å². The number of carboxylic acids is 1. The van der Waals surface area contributed by atoms with E-state index in [1.807, 2.05) is 16.8 Å². The number of carbonyl (C=O) groups is 1. The minimum Gasteiger partial charge on any atom is -0.480 e. The van der Waals surface area contributed by atoms with E-state index in [1.165, 1.54) is 16.5 Å². The molecular formula is C15H19NO2. The number of aryl methyl sites for hydroxylation is 2. The molecule has 0 fully saturated rings. The van der Waals surface area contributed by atoms with Crippen LogP contribution in [0.4, 0.5) is 0 Å². The predicted octanol–water partition coefficient (Wildman–Crippen LogP) is 3.24. The second-order valence-electron chi connectivity index (χ2n) is 4.63. The molecule has 0 aliphatic heterocycles. The quantitative estimate of drug-likeness (QED) is 0.878. The molecule has 1 aromatic carbocycles. The van der Waals surface area contributed by atoms with Gasteiger partial charge in [-0.25, -0.2) is 0 Å². The minimum absolute atomic E-state index is 0.0334. The highest BCUT2D eigenvalue weighted by Gasteiger charge is 2.10. The summed E-state index contributed by atoms with van der Waals surface area (Å²) in [6, 6.07) is 6.31. The summed E-state index contributed by atoms with van der Waals surface area (Å²) < 4.78 is 1.84. The molecule has 3 nitrogen and oxygen atoms in total. The number of hydrogen-bond donors (Lipinski definition) is 1. The fourth-order valence-electron chi connectivity index (χ4n) is 2.38. The van der Waals surface area contributed by atoms with Gasteiger partial charge in [-0.3, -0.25) is 4.79 Å². The Bertz CT molecular complexity index is 569. The van der Waals surface area contributed by atoms with E-state index >= 15 is 0 Å². The average Bonchev–Trinajstić information content (AvgIpc) is 2.67. The highest BCUT2D eigenvalue weighted by Crippen LogP contribution is 2.24. The van der Waals surface area contributed by atoms with E-state index in [0.717, 1.165) is 24.8 Å². The maximum Gasteiger partial charge on any atom is 0.323 e. The largest absolute Gasteiger partial charge is 0.480 e. The Kier molecular flexibility index (Phi) is 3.70. The lowest BCUT2D eigenvalue weighted by molar-refractivity contribution is -0.137. The molecular weight excluding hydrogens is 226 g/mol. The summed E-state index contributed by atoms with van der Waals surface area (Å²) in [5, 5.41) is 10.2. The van der Waals surface area contributed by atoms with E-state index < -0.39 is 5.97 Å². The second kappa shape index (κ2) is 5.25. The molecule has 0 spiro atoms. The van der Waals surface area contributed by atoms with Crippen molar-refractivity contribution in [2.45, 2.75) is 39.7 Å². The first-order valence-corrected chi connectivity index (χ1v) is 6.48. The van der Waals surface area contributed by atoms with Crippen LogP contribution in [-0.4, -0.2) is 15.6 Å². The van der Waals surface area contributed by atoms with Gasteiger partial charge in [-0.1, -0.05) is 26.3 Å². The Labute approximate surface area is 107 Å². The molecule has 1 N–H and O–H groups in total. The molecule has 1 heterocycles. The molecule has 0 bridgehead atoms. The first-order chi connectivity index (χ1) is 8.65. The second-order valence-corrected chi connectivity index (χ2v) is 4.63. The summed E-state index contributed by atoms with van der Waals surface area (Å²) in [5.74, 6) is -0.797. The van der Waals surface area contributed by atoms with Crippen molar-refractivity contribution in [1.29, 1.82) is 0 Å². The monoisotopic (exact) mass is 245 g/mol. The molecule has 18 heavy (non-hydrogen) atoms. The fraction of sp³-hybridized carbons (Fsp3) is 0.400. The van der Waals surface area contributed by atoms with Gasteiger partial charge in [0.2, 0.25) is 0 Å². The van der Waals surface area contributed by atoms with Gasteiger partial charge in [0.05, 0.1) is 0 Å². The third-order valence-electron chi connectivity index (χ3n) is 3.26. The Morgan fingerprint density at radius 1 is 1.33 bits per heavy atom.